The Morgan fingerprint density at radius 2 is 2.32 bits per heavy atom. The molecule has 1 N–H and O–H groups in total. The van der Waals surface area contributed by atoms with Gasteiger partial charge in [0.2, 0.25) is 0 Å². The molecule has 1 aromatic rings. The Kier molecular flexibility index (Phi) is 6.68. The Labute approximate surface area is 132 Å². The minimum absolute atomic E-state index is 0.0307. The van der Waals surface area contributed by atoms with E-state index in [2.05, 4.69) is 10.2 Å². The normalized spacial score (nSPS) is 18.4. The van der Waals surface area contributed by atoms with Crippen LogP contribution in [-0.4, -0.2) is 57.3 Å². The lowest BCUT2D eigenvalue weighted by molar-refractivity contribution is 0.0946. The Morgan fingerprint density at radius 3 is 3.09 bits per heavy atom. The summed E-state index contributed by atoms with van der Waals surface area (Å²) < 4.78 is 10.5. The van der Waals surface area contributed by atoms with Gasteiger partial charge in [0.05, 0.1) is 13.2 Å². The van der Waals surface area contributed by atoms with Crippen molar-refractivity contribution in [1.82, 2.24) is 10.2 Å². The first kappa shape index (κ1) is 16.8. The van der Waals surface area contributed by atoms with Gasteiger partial charge >= 0.3 is 0 Å². The van der Waals surface area contributed by atoms with Gasteiger partial charge in [-0.25, -0.2) is 0 Å². The number of nitrogens with one attached hydrogen (secondary N) is 1. The average Bonchev–Trinajstić information content (AvgIpc) is 2.99. The predicted octanol–water partition coefficient (Wildman–Crippen LogP) is 1.78. The molecule has 1 heterocycles. The average molecular weight is 306 g/mol. The number of hydrogen-bond acceptors (Lipinski definition) is 4. The van der Waals surface area contributed by atoms with Crippen LogP contribution in [0.3, 0.4) is 0 Å². The highest BCUT2D eigenvalue weighted by Crippen LogP contribution is 2.16. The minimum atomic E-state index is -0.0307. The Hall–Kier alpha value is -1.59. The zero-order chi connectivity index (χ0) is 15.8. The van der Waals surface area contributed by atoms with Gasteiger partial charge in [0.1, 0.15) is 5.75 Å². The first-order valence-corrected chi connectivity index (χ1v) is 7.95. The number of carbonyl (C=O) groups excluding carboxylic acids is 1. The minimum Gasteiger partial charge on any atom is -0.494 e. The van der Waals surface area contributed by atoms with Crippen LogP contribution in [-0.2, 0) is 4.74 Å². The fourth-order valence-electron chi connectivity index (χ4n) is 2.74. The van der Waals surface area contributed by atoms with E-state index < -0.39 is 0 Å². The number of methoxy groups -OCH3 is 1. The van der Waals surface area contributed by atoms with E-state index in [-0.39, 0.29) is 5.91 Å². The number of benzene rings is 1. The van der Waals surface area contributed by atoms with Gasteiger partial charge in [-0.1, -0.05) is 6.07 Å². The molecule has 1 aliphatic heterocycles. The highest BCUT2D eigenvalue weighted by atomic mass is 16.5. The highest BCUT2D eigenvalue weighted by molar-refractivity contribution is 5.94. The largest absolute Gasteiger partial charge is 0.494 e. The lowest BCUT2D eigenvalue weighted by Crippen LogP contribution is -2.31. The zero-order valence-corrected chi connectivity index (χ0v) is 13.5. The van der Waals surface area contributed by atoms with Crippen molar-refractivity contribution < 1.29 is 14.3 Å². The van der Waals surface area contributed by atoms with Crippen LogP contribution in [0.5, 0.6) is 5.75 Å². The second kappa shape index (κ2) is 8.76. The van der Waals surface area contributed by atoms with Crippen LogP contribution in [0, 0.1) is 5.92 Å². The maximum Gasteiger partial charge on any atom is 0.251 e. The summed E-state index contributed by atoms with van der Waals surface area (Å²) in [5, 5.41) is 3.03. The molecule has 0 unspecified atom stereocenters. The summed E-state index contributed by atoms with van der Waals surface area (Å²) in [6, 6.07) is 7.32. The molecule has 0 aromatic heterocycles. The number of hydrogen-bond donors (Lipinski definition) is 1. The van der Waals surface area contributed by atoms with Crippen LogP contribution in [0.15, 0.2) is 24.3 Å². The second-order valence-electron chi connectivity index (χ2n) is 5.62. The SMILES string of the molecule is CCOc1cccc(C(=O)NC[C@@H]2CCN(CCOC)C2)c1. The molecule has 5 nitrogen and oxygen atoms in total. The Morgan fingerprint density at radius 1 is 1.45 bits per heavy atom. The van der Waals surface area contributed by atoms with E-state index in [4.69, 9.17) is 9.47 Å². The van der Waals surface area contributed by atoms with Gasteiger partial charge in [-0.05, 0) is 44.0 Å². The molecule has 1 amide bonds. The zero-order valence-electron chi connectivity index (χ0n) is 13.5. The lowest BCUT2D eigenvalue weighted by atomic mass is 10.1. The molecular formula is C17H26N2O3. The van der Waals surface area contributed by atoms with Crippen LogP contribution in [0.2, 0.25) is 0 Å². The smallest absolute Gasteiger partial charge is 0.251 e. The summed E-state index contributed by atoms with van der Waals surface area (Å²) in [6.07, 6.45) is 1.13. The molecule has 0 saturated carbocycles. The van der Waals surface area contributed by atoms with Gasteiger partial charge in [0, 0.05) is 32.3 Å². The van der Waals surface area contributed by atoms with E-state index in [1.165, 1.54) is 0 Å². The topological polar surface area (TPSA) is 50.8 Å². The van der Waals surface area contributed by atoms with Crippen LogP contribution in [0.25, 0.3) is 0 Å². The molecule has 2 rings (SSSR count). The van der Waals surface area contributed by atoms with Gasteiger partial charge in [0.25, 0.3) is 5.91 Å². The fourth-order valence-corrected chi connectivity index (χ4v) is 2.74. The van der Waals surface area contributed by atoms with E-state index in [9.17, 15) is 4.79 Å². The Balaban J connectivity index is 1.77. The molecule has 5 heteroatoms. The lowest BCUT2D eigenvalue weighted by Gasteiger charge is -2.15. The van der Waals surface area contributed by atoms with Gasteiger partial charge in [-0.3, -0.25) is 4.79 Å². The molecule has 0 spiro atoms. The molecule has 122 valence electrons. The predicted molar refractivity (Wildman–Crippen MR) is 86.4 cm³/mol. The van der Waals surface area contributed by atoms with Crippen molar-refractivity contribution in [2.75, 3.05) is 46.5 Å². The molecule has 1 saturated heterocycles. The summed E-state index contributed by atoms with van der Waals surface area (Å²) >= 11 is 0. The van der Waals surface area contributed by atoms with Crippen LogP contribution < -0.4 is 10.1 Å². The summed E-state index contributed by atoms with van der Waals surface area (Å²) in [7, 11) is 1.73. The van der Waals surface area contributed by atoms with E-state index in [0.29, 0.717) is 18.1 Å². The number of likely N-dealkylation sites (tertiary alicyclic amines) is 1. The van der Waals surface area contributed by atoms with Gasteiger partial charge in [0.15, 0.2) is 0 Å². The highest BCUT2D eigenvalue weighted by Gasteiger charge is 2.22. The fraction of sp³-hybridized carbons (Fsp3) is 0.588. The van der Waals surface area contributed by atoms with Crippen molar-refractivity contribution in [2.45, 2.75) is 13.3 Å². The molecule has 1 fully saturated rings. The summed E-state index contributed by atoms with van der Waals surface area (Å²) in [4.78, 5) is 14.6. The molecule has 0 aliphatic carbocycles. The summed E-state index contributed by atoms with van der Waals surface area (Å²) in [5.74, 6) is 1.23. The molecule has 1 aromatic carbocycles. The first-order chi connectivity index (χ1) is 10.7. The number of ether oxygens (including phenoxy) is 2. The maximum atomic E-state index is 12.2. The molecule has 1 atom stereocenters. The molecule has 0 radical (unpaired) electrons. The number of amides is 1. The summed E-state index contributed by atoms with van der Waals surface area (Å²) in [5.41, 5.74) is 0.653. The second-order valence-corrected chi connectivity index (χ2v) is 5.62. The maximum absolute atomic E-state index is 12.2. The van der Waals surface area contributed by atoms with E-state index in [1.54, 1.807) is 13.2 Å². The number of rotatable bonds is 8. The van der Waals surface area contributed by atoms with Crippen molar-refractivity contribution in [3.8, 4) is 5.75 Å². The molecule has 1 aliphatic rings. The Bertz CT molecular complexity index is 479. The molecular weight excluding hydrogens is 280 g/mol. The van der Waals surface area contributed by atoms with Crippen molar-refractivity contribution in [1.29, 1.82) is 0 Å². The first-order valence-electron chi connectivity index (χ1n) is 7.95. The monoisotopic (exact) mass is 306 g/mol. The third-order valence-electron chi connectivity index (χ3n) is 3.94. The van der Waals surface area contributed by atoms with Gasteiger partial charge < -0.3 is 19.7 Å². The van der Waals surface area contributed by atoms with E-state index in [0.717, 1.165) is 45.0 Å². The standard InChI is InChI=1S/C17H26N2O3/c1-3-22-16-6-4-5-15(11-16)17(20)18-12-14-7-8-19(13-14)9-10-21-2/h4-6,11,14H,3,7-10,12-13H2,1-2H3,(H,18,20)/t14-/m0/s1. The number of carbonyl (C=O) groups is 1. The summed E-state index contributed by atoms with van der Waals surface area (Å²) in [6.45, 7) is 7.11. The number of nitrogens with zero attached hydrogens (tertiary/aromatic N) is 1. The van der Waals surface area contributed by atoms with Crippen molar-refractivity contribution in [2.24, 2.45) is 5.92 Å². The molecule has 22 heavy (non-hydrogen) atoms. The van der Waals surface area contributed by atoms with Crippen molar-refractivity contribution in [3.63, 3.8) is 0 Å². The van der Waals surface area contributed by atoms with Gasteiger partial charge in [-0.2, -0.15) is 0 Å². The van der Waals surface area contributed by atoms with Crippen LogP contribution in [0.1, 0.15) is 23.7 Å². The van der Waals surface area contributed by atoms with Crippen molar-refractivity contribution >= 4 is 5.91 Å². The third kappa shape index (κ3) is 5.00. The third-order valence-corrected chi connectivity index (χ3v) is 3.94. The quantitative estimate of drug-likeness (QED) is 0.795. The molecule has 0 bridgehead atoms. The van der Waals surface area contributed by atoms with Crippen LogP contribution >= 0.6 is 0 Å². The van der Waals surface area contributed by atoms with E-state index >= 15 is 0 Å². The van der Waals surface area contributed by atoms with Gasteiger partial charge in [-0.15, -0.1) is 0 Å². The van der Waals surface area contributed by atoms with Crippen molar-refractivity contribution in [3.05, 3.63) is 29.8 Å². The van der Waals surface area contributed by atoms with E-state index in [1.807, 2.05) is 25.1 Å². The van der Waals surface area contributed by atoms with Crippen LogP contribution in [0.4, 0.5) is 0 Å².